The second-order valence-corrected chi connectivity index (χ2v) is 0.357. The molecular formula is C2H3O3Y-. The number of aliphatic hydroxyl groups excluding tert-OH is 1. The van der Waals surface area contributed by atoms with Crippen molar-refractivity contribution >= 4 is 6.47 Å². The third-order valence-corrected chi connectivity index (χ3v) is 0.123. The van der Waals surface area contributed by atoms with Crippen LogP contribution < -0.4 is 0 Å². The van der Waals surface area contributed by atoms with Gasteiger partial charge in [0.25, 0.3) is 0 Å². The first-order valence-electron chi connectivity index (χ1n) is 1.01. The summed E-state index contributed by atoms with van der Waals surface area (Å²) in [5, 5.41) is 7.58. The molecular weight excluding hydrogens is 161 g/mol. The molecule has 0 aromatic carbocycles. The minimum Gasteiger partial charge on any atom is -0.634 e. The van der Waals surface area contributed by atoms with Crippen molar-refractivity contribution in [2.45, 2.75) is 0 Å². The van der Waals surface area contributed by atoms with Crippen molar-refractivity contribution in [2.75, 3.05) is 6.79 Å². The Morgan fingerprint density at radius 3 is 2.33 bits per heavy atom. The molecule has 33 valence electrons. The Hall–Kier alpha value is 0.534. The molecule has 0 saturated carbocycles. The van der Waals surface area contributed by atoms with Crippen molar-refractivity contribution < 1.29 is 47.3 Å². The summed E-state index contributed by atoms with van der Waals surface area (Å²) in [5.74, 6) is 0. The van der Waals surface area contributed by atoms with Crippen molar-refractivity contribution in [1.82, 2.24) is 0 Å². The maximum absolute atomic E-state index is 8.90. The molecule has 0 bridgehead atoms. The SMILES string of the molecule is O=[C-]OCO.[Y]. The Morgan fingerprint density at radius 1 is 1.83 bits per heavy atom. The Morgan fingerprint density at radius 2 is 2.33 bits per heavy atom. The van der Waals surface area contributed by atoms with Crippen LogP contribution in [0.4, 0.5) is 0 Å². The molecule has 1 radical (unpaired) electrons. The van der Waals surface area contributed by atoms with Gasteiger partial charge in [0.15, 0.2) is 6.79 Å². The molecule has 6 heavy (non-hydrogen) atoms. The second kappa shape index (κ2) is 9.11. The summed E-state index contributed by atoms with van der Waals surface area (Å²) < 4.78 is 3.58. The van der Waals surface area contributed by atoms with Gasteiger partial charge in [0, 0.05) is 32.7 Å². The van der Waals surface area contributed by atoms with Crippen LogP contribution in [0.2, 0.25) is 0 Å². The molecule has 0 rings (SSSR count). The van der Waals surface area contributed by atoms with Gasteiger partial charge in [0.1, 0.15) is 0 Å². The fourth-order valence-corrected chi connectivity index (χ4v) is 0.0264. The molecule has 0 spiro atoms. The summed E-state index contributed by atoms with van der Waals surface area (Å²) >= 11 is 0. The van der Waals surface area contributed by atoms with E-state index >= 15 is 0 Å². The van der Waals surface area contributed by atoms with Crippen LogP contribution >= 0.6 is 0 Å². The predicted molar refractivity (Wildman–Crippen MR) is 13.9 cm³/mol. The zero-order chi connectivity index (χ0) is 4.12. The van der Waals surface area contributed by atoms with Gasteiger partial charge in [-0.2, -0.15) is 0 Å². The summed E-state index contributed by atoms with van der Waals surface area (Å²) in [6.07, 6.45) is 0. The molecule has 4 heteroatoms. The summed E-state index contributed by atoms with van der Waals surface area (Å²) in [6, 6.07) is 0. The van der Waals surface area contributed by atoms with Crippen LogP contribution in [-0.4, -0.2) is 18.4 Å². The van der Waals surface area contributed by atoms with E-state index in [4.69, 9.17) is 9.90 Å². The van der Waals surface area contributed by atoms with E-state index in [-0.39, 0.29) is 32.7 Å². The van der Waals surface area contributed by atoms with Crippen LogP contribution in [0.1, 0.15) is 0 Å². The van der Waals surface area contributed by atoms with Crippen molar-refractivity contribution in [3.8, 4) is 0 Å². The van der Waals surface area contributed by atoms with E-state index in [1.54, 1.807) is 0 Å². The standard InChI is InChI=1S/C2H3O3.Y/c3-1-5-2-4;/h3H,1H2;/q-1;. The van der Waals surface area contributed by atoms with Crippen LogP contribution in [0.5, 0.6) is 0 Å². The Bertz CT molecular complexity index is 30.0. The summed E-state index contributed by atoms with van der Waals surface area (Å²) in [6.45, 7) is 0.438. The predicted octanol–water partition coefficient (Wildman–Crippen LogP) is -0.982. The molecule has 0 heterocycles. The Balaban J connectivity index is 0. The number of ether oxygens (including phenoxy) is 1. The first-order valence-corrected chi connectivity index (χ1v) is 1.01. The molecule has 0 atom stereocenters. The summed E-state index contributed by atoms with van der Waals surface area (Å²) in [7, 11) is 0. The van der Waals surface area contributed by atoms with Crippen LogP contribution in [0.15, 0.2) is 0 Å². The van der Waals surface area contributed by atoms with Crippen LogP contribution in [0, 0.1) is 0 Å². The van der Waals surface area contributed by atoms with E-state index in [0.717, 1.165) is 6.47 Å². The number of hydrogen-bond donors (Lipinski definition) is 1. The number of hydrogen-bond acceptors (Lipinski definition) is 3. The average molecular weight is 164 g/mol. The monoisotopic (exact) mass is 164 g/mol. The van der Waals surface area contributed by atoms with Crippen LogP contribution in [0.3, 0.4) is 0 Å². The van der Waals surface area contributed by atoms with Gasteiger partial charge in [0.05, 0.1) is 0 Å². The zero-order valence-electron chi connectivity index (χ0n) is 3.05. The van der Waals surface area contributed by atoms with E-state index in [1.807, 2.05) is 0 Å². The first-order chi connectivity index (χ1) is 2.41. The van der Waals surface area contributed by atoms with E-state index in [2.05, 4.69) is 4.74 Å². The molecule has 1 N–H and O–H groups in total. The second-order valence-electron chi connectivity index (χ2n) is 0.357. The normalized spacial score (nSPS) is 5.50. The molecule has 0 fully saturated rings. The summed E-state index contributed by atoms with van der Waals surface area (Å²) in [5.41, 5.74) is 0. The molecule has 3 nitrogen and oxygen atoms in total. The topological polar surface area (TPSA) is 46.5 Å². The third-order valence-electron chi connectivity index (χ3n) is 0.123. The van der Waals surface area contributed by atoms with Gasteiger partial charge in [-0.3, -0.25) is 0 Å². The van der Waals surface area contributed by atoms with Gasteiger partial charge >= 0.3 is 0 Å². The molecule has 0 aromatic rings. The Kier molecular flexibility index (Phi) is 14.8. The zero-order valence-corrected chi connectivity index (χ0v) is 5.89. The van der Waals surface area contributed by atoms with Crippen LogP contribution in [0.25, 0.3) is 0 Å². The minimum atomic E-state index is -0.580. The molecule has 0 amide bonds. The smallest absolute Gasteiger partial charge is 0.152 e. The molecule has 0 unspecified atom stereocenters. The van der Waals surface area contributed by atoms with Gasteiger partial charge < -0.3 is 14.6 Å². The Labute approximate surface area is 60.6 Å². The van der Waals surface area contributed by atoms with Crippen LogP contribution in [-0.2, 0) is 42.2 Å². The number of aliphatic hydroxyl groups is 1. The van der Waals surface area contributed by atoms with E-state index in [1.165, 1.54) is 0 Å². The first kappa shape index (κ1) is 9.73. The number of carbonyl (C=O) groups excluding carboxylic acids is 1. The molecule has 0 saturated heterocycles. The van der Waals surface area contributed by atoms with Gasteiger partial charge in [0.2, 0.25) is 0 Å². The minimum absolute atomic E-state index is 0. The van der Waals surface area contributed by atoms with E-state index < -0.39 is 6.79 Å². The molecule has 0 aliphatic carbocycles. The van der Waals surface area contributed by atoms with Crippen molar-refractivity contribution in [2.24, 2.45) is 0 Å². The third kappa shape index (κ3) is 8.82. The summed E-state index contributed by atoms with van der Waals surface area (Å²) in [4.78, 5) is 8.90. The van der Waals surface area contributed by atoms with Gasteiger partial charge in [-0.15, -0.1) is 0 Å². The number of rotatable bonds is 2. The maximum Gasteiger partial charge on any atom is 0.152 e. The van der Waals surface area contributed by atoms with Crippen molar-refractivity contribution in [1.29, 1.82) is 0 Å². The largest absolute Gasteiger partial charge is 0.634 e. The maximum atomic E-state index is 8.90. The average Bonchev–Trinajstić information content (AvgIpc) is 1.41. The fourth-order valence-electron chi connectivity index (χ4n) is 0.0264. The van der Waals surface area contributed by atoms with Crippen molar-refractivity contribution in [3.05, 3.63) is 0 Å². The van der Waals surface area contributed by atoms with Crippen molar-refractivity contribution in [3.63, 3.8) is 0 Å². The van der Waals surface area contributed by atoms with E-state index in [9.17, 15) is 0 Å². The van der Waals surface area contributed by atoms with Gasteiger partial charge in [-0.1, -0.05) is 6.47 Å². The van der Waals surface area contributed by atoms with E-state index in [0.29, 0.717) is 0 Å². The molecule has 0 aromatic heterocycles. The van der Waals surface area contributed by atoms with Gasteiger partial charge in [-0.25, -0.2) is 0 Å². The molecule has 0 aliphatic rings. The molecule has 0 aliphatic heterocycles. The quantitative estimate of drug-likeness (QED) is 0.421. The fraction of sp³-hybridized carbons (Fsp3) is 0.500. The van der Waals surface area contributed by atoms with Gasteiger partial charge in [-0.05, 0) is 0 Å².